The second-order valence-corrected chi connectivity index (χ2v) is 3.07. The van der Waals surface area contributed by atoms with E-state index >= 15 is 0 Å². The fourth-order valence-electron chi connectivity index (χ4n) is 0.812. The van der Waals surface area contributed by atoms with Crippen molar-refractivity contribution < 1.29 is 17.9 Å². The van der Waals surface area contributed by atoms with Crippen LogP contribution in [-0.2, 0) is 0 Å². The lowest BCUT2D eigenvalue weighted by atomic mass is 10.2. The topological polar surface area (TPSA) is 9.23 Å². The zero-order valence-corrected chi connectivity index (χ0v) is 9.06. The van der Waals surface area contributed by atoms with E-state index in [9.17, 15) is 13.2 Å². The van der Waals surface area contributed by atoms with Gasteiger partial charge in [0.25, 0.3) is 0 Å². The molecular weight excluding hydrogens is 205 g/mol. The highest BCUT2D eigenvalue weighted by Crippen LogP contribution is 2.22. The number of hydrogen-bond donors (Lipinski definition) is 0. The van der Waals surface area contributed by atoms with Gasteiger partial charge in [0.1, 0.15) is 5.75 Å². The molecule has 0 N–H and O–H groups in total. The fourth-order valence-corrected chi connectivity index (χ4v) is 0.812. The molecule has 1 rings (SSSR count). The summed E-state index contributed by atoms with van der Waals surface area (Å²) in [5.41, 5.74) is 0.733. The van der Waals surface area contributed by atoms with Crippen molar-refractivity contribution in [2.45, 2.75) is 33.6 Å². The highest BCUT2D eigenvalue weighted by Gasteiger charge is 2.30. The molecule has 0 unspecified atom stereocenters. The Hall–Kier alpha value is -1.19. The third kappa shape index (κ3) is 7.85. The van der Waals surface area contributed by atoms with E-state index < -0.39 is 6.36 Å². The van der Waals surface area contributed by atoms with Crippen LogP contribution in [0.4, 0.5) is 13.2 Å². The van der Waals surface area contributed by atoms with E-state index in [4.69, 9.17) is 0 Å². The van der Waals surface area contributed by atoms with Gasteiger partial charge in [0.15, 0.2) is 0 Å². The number of ether oxygens (including phenoxy) is 1. The largest absolute Gasteiger partial charge is 0.573 e. The Bertz CT molecular complexity index is 281. The third-order valence-corrected chi connectivity index (χ3v) is 1.22. The molecule has 0 heterocycles. The van der Waals surface area contributed by atoms with Gasteiger partial charge in [0.05, 0.1) is 0 Å². The second-order valence-electron chi connectivity index (χ2n) is 3.07. The Morgan fingerprint density at radius 3 is 2.13 bits per heavy atom. The van der Waals surface area contributed by atoms with Gasteiger partial charge in [-0.25, -0.2) is 0 Å². The SMILES string of the molecule is CCC.Cc1cccc(OC(F)(F)F)c1. The first-order chi connectivity index (χ1) is 6.89. The van der Waals surface area contributed by atoms with Crippen LogP contribution >= 0.6 is 0 Å². The predicted molar refractivity (Wildman–Crippen MR) is 53.8 cm³/mol. The molecule has 4 heteroatoms. The van der Waals surface area contributed by atoms with Crippen molar-refractivity contribution in [2.24, 2.45) is 0 Å². The molecule has 0 fully saturated rings. The first-order valence-electron chi connectivity index (χ1n) is 4.71. The van der Waals surface area contributed by atoms with E-state index in [-0.39, 0.29) is 5.75 Å². The molecule has 0 spiro atoms. The summed E-state index contributed by atoms with van der Waals surface area (Å²) in [5, 5.41) is 0. The molecule has 0 aromatic heterocycles. The van der Waals surface area contributed by atoms with Gasteiger partial charge in [0, 0.05) is 0 Å². The Morgan fingerprint density at radius 2 is 1.73 bits per heavy atom. The highest BCUT2D eigenvalue weighted by atomic mass is 19.4. The summed E-state index contributed by atoms with van der Waals surface area (Å²) in [4.78, 5) is 0. The van der Waals surface area contributed by atoms with E-state index in [0.717, 1.165) is 5.56 Å². The second kappa shape index (κ2) is 6.32. The van der Waals surface area contributed by atoms with Gasteiger partial charge in [-0.15, -0.1) is 13.2 Å². The van der Waals surface area contributed by atoms with Crippen LogP contribution in [0.3, 0.4) is 0 Å². The fraction of sp³-hybridized carbons (Fsp3) is 0.455. The minimum absolute atomic E-state index is 0.178. The quantitative estimate of drug-likeness (QED) is 0.685. The Balaban J connectivity index is 0.000000583. The van der Waals surface area contributed by atoms with Gasteiger partial charge in [-0.05, 0) is 24.6 Å². The average Bonchev–Trinajstić information content (AvgIpc) is 2.01. The van der Waals surface area contributed by atoms with Crippen LogP contribution in [0.2, 0.25) is 0 Å². The van der Waals surface area contributed by atoms with Crippen LogP contribution in [-0.4, -0.2) is 6.36 Å². The van der Waals surface area contributed by atoms with Crippen molar-refractivity contribution in [3.8, 4) is 5.75 Å². The molecule has 0 amide bonds. The summed E-state index contributed by atoms with van der Waals surface area (Å²) in [6.07, 6.45) is -3.35. The van der Waals surface area contributed by atoms with E-state index in [1.807, 2.05) is 0 Å². The molecule has 0 aliphatic rings. The van der Waals surface area contributed by atoms with Crippen LogP contribution in [0.1, 0.15) is 25.8 Å². The third-order valence-electron chi connectivity index (χ3n) is 1.22. The molecule has 86 valence electrons. The predicted octanol–water partition coefficient (Wildman–Crippen LogP) is 4.31. The standard InChI is InChI=1S/C8H7F3O.C3H8/c1-6-3-2-4-7(5-6)12-8(9,10)11;1-3-2/h2-5H,1H3;3H2,1-2H3. The molecule has 0 bridgehead atoms. The average molecular weight is 220 g/mol. The Morgan fingerprint density at radius 1 is 1.20 bits per heavy atom. The van der Waals surface area contributed by atoms with Crippen molar-refractivity contribution >= 4 is 0 Å². The molecule has 0 aliphatic carbocycles. The minimum atomic E-state index is -4.60. The molecule has 1 aromatic carbocycles. The number of aryl methyl sites for hydroxylation is 1. The molecule has 1 nitrogen and oxygen atoms in total. The van der Waals surface area contributed by atoms with Gasteiger partial charge in [-0.3, -0.25) is 0 Å². The molecule has 0 aliphatic heterocycles. The molecule has 0 atom stereocenters. The number of rotatable bonds is 1. The molecule has 0 saturated heterocycles. The van der Waals surface area contributed by atoms with Crippen molar-refractivity contribution in [1.29, 1.82) is 0 Å². The Labute approximate surface area is 87.9 Å². The molecular formula is C11H15F3O. The lowest BCUT2D eigenvalue weighted by Crippen LogP contribution is -2.17. The summed E-state index contributed by atoms with van der Waals surface area (Å²) in [6.45, 7) is 5.95. The van der Waals surface area contributed by atoms with Crippen LogP contribution in [0.15, 0.2) is 24.3 Å². The Kier molecular flexibility index (Phi) is 5.82. The van der Waals surface area contributed by atoms with Crippen LogP contribution < -0.4 is 4.74 Å². The van der Waals surface area contributed by atoms with Crippen LogP contribution in [0, 0.1) is 6.92 Å². The van der Waals surface area contributed by atoms with Crippen molar-refractivity contribution in [3.63, 3.8) is 0 Å². The van der Waals surface area contributed by atoms with E-state index in [0.29, 0.717) is 0 Å². The first kappa shape index (κ1) is 13.8. The van der Waals surface area contributed by atoms with Crippen LogP contribution in [0.25, 0.3) is 0 Å². The number of hydrogen-bond acceptors (Lipinski definition) is 1. The van der Waals surface area contributed by atoms with Gasteiger partial charge in [-0.1, -0.05) is 32.4 Å². The van der Waals surface area contributed by atoms with Gasteiger partial charge in [-0.2, -0.15) is 0 Å². The summed E-state index contributed by atoms with van der Waals surface area (Å²) in [7, 11) is 0. The summed E-state index contributed by atoms with van der Waals surface area (Å²) >= 11 is 0. The highest BCUT2D eigenvalue weighted by molar-refractivity contribution is 5.27. The first-order valence-corrected chi connectivity index (χ1v) is 4.71. The molecule has 1 aromatic rings. The van der Waals surface area contributed by atoms with Crippen LogP contribution in [0.5, 0.6) is 5.75 Å². The minimum Gasteiger partial charge on any atom is -0.406 e. The lowest BCUT2D eigenvalue weighted by Gasteiger charge is -2.08. The monoisotopic (exact) mass is 220 g/mol. The van der Waals surface area contributed by atoms with E-state index in [1.165, 1.54) is 24.6 Å². The summed E-state index contributed by atoms with van der Waals surface area (Å²) < 4.78 is 38.6. The van der Waals surface area contributed by atoms with Crippen molar-refractivity contribution in [2.75, 3.05) is 0 Å². The molecule has 15 heavy (non-hydrogen) atoms. The zero-order valence-electron chi connectivity index (χ0n) is 9.06. The molecule has 0 radical (unpaired) electrons. The lowest BCUT2D eigenvalue weighted by molar-refractivity contribution is -0.274. The number of halogens is 3. The maximum Gasteiger partial charge on any atom is 0.573 e. The van der Waals surface area contributed by atoms with Crippen molar-refractivity contribution in [1.82, 2.24) is 0 Å². The summed E-state index contributed by atoms with van der Waals surface area (Å²) in [6, 6.07) is 5.80. The van der Waals surface area contributed by atoms with E-state index in [1.54, 1.807) is 13.0 Å². The number of alkyl halides is 3. The van der Waals surface area contributed by atoms with Gasteiger partial charge >= 0.3 is 6.36 Å². The normalized spacial score (nSPS) is 10.3. The zero-order chi connectivity index (χ0) is 11.9. The smallest absolute Gasteiger partial charge is 0.406 e. The maximum absolute atomic E-state index is 11.7. The van der Waals surface area contributed by atoms with Gasteiger partial charge < -0.3 is 4.74 Å². The van der Waals surface area contributed by atoms with E-state index in [2.05, 4.69) is 18.6 Å². The number of benzene rings is 1. The molecule has 0 saturated carbocycles. The van der Waals surface area contributed by atoms with Crippen molar-refractivity contribution in [3.05, 3.63) is 29.8 Å². The maximum atomic E-state index is 11.7. The summed E-state index contributed by atoms with van der Waals surface area (Å²) in [5.74, 6) is -0.178. The van der Waals surface area contributed by atoms with Gasteiger partial charge in [0.2, 0.25) is 0 Å².